The molecule has 0 unspecified atom stereocenters. The van der Waals surface area contributed by atoms with Gasteiger partial charge in [-0.15, -0.1) is 0 Å². The number of aromatic hydroxyl groups is 1. The van der Waals surface area contributed by atoms with Crippen LogP contribution in [0, 0.1) is 13.8 Å². The van der Waals surface area contributed by atoms with Crippen LogP contribution in [0.1, 0.15) is 16.7 Å². The third-order valence-corrected chi connectivity index (χ3v) is 4.28. The topological polar surface area (TPSA) is 32.6 Å². The lowest BCUT2D eigenvalue weighted by Gasteiger charge is -2.08. The predicted molar refractivity (Wildman–Crippen MR) is 86.3 cm³/mol. The second kappa shape index (κ2) is 6.04. The van der Waals surface area contributed by atoms with Crippen molar-refractivity contribution in [3.8, 4) is 5.75 Å². The zero-order valence-corrected chi connectivity index (χ0v) is 13.2. The molecule has 0 saturated heterocycles. The molecule has 2 aromatic carbocycles. The molecule has 2 aromatic rings. The Hall–Kier alpha value is -1.22. The van der Waals surface area contributed by atoms with Gasteiger partial charge in [-0.25, -0.2) is 0 Å². The number of nitrogens with zero attached hydrogens (tertiary/aromatic N) is 1. The normalized spacial score (nSPS) is 11.2. The SMILES string of the molecule is Cc1cc(O)c(C=Nc2ccc(Cl)c(Cl)c2)c(C)c1Cl. The van der Waals surface area contributed by atoms with Crippen molar-refractivity contribution in [2.45, 2.75) is 13.8 Å². The van der Waals surface area contributed by atoms with E-state index in [-0.39, 0.29) is 5.75 Å². The molecule has 2 rings (SSSR count). The minimum atomic E-state index is 0.146. The van der Waals surface area contributed by atoms with E-state index >= 15 is 0 Å². The number of phenols is 1. The highest BCUT2D eigenvalue weighted by atomic mass is 35.5. The standard InChI is InChI=1S/C15H12Cl3NO/c1-8-5-14(20)11(9(2)15(8)18)7-19-10-3-4-12(16)13(17)6-10/h3-7,20H,1-2H3. The van der Waals surface area contributed by atoms with Crippen molar-refractivity contribution < 1.29 is 5.11 Å². The van der Waals surface area contributed by atoms with Crippen LogP contribution in [-0.2, 0) is 0 Å². The Balaban J connectivity index is 2.41. The van der Waals surface area contributed by atoms with E-state index in [0.29, 0.717) is 26.3 Å². The van der Waals surface area contributed by atoms with Crippen LogP contribution < -0.4 is 0 Å². The maximum Gasteiger partial charge on any atom is 0.124 e. The summed E-state index contributed by atoms with van der Waals surface area (Å²) in [5.41, 5.74) is 2.85. The average Bonchev–Trinajstić information content (AvgIpc) is 2.40. The Labute approximate surface area is 132 Å². The fourth-order valence-corrected chi connectivity index (χ4v) is 2.27. The van der Waals surface area contributed by atoms with Gasteiger partial charge in [0.05, 0.1) is 15.7 Å². The molecular formula is C15H12Cl3NO. The van der Waals surface area contributed by atoms with Crippen LogP contribution in [0.5, 0.6) is 5.75 Å². The van der Waals surface area contributed by atoms with Crippen molar-refractivity contribution in [2.75, 3.05) is 0 Å². The van der Waals surface area contributed by atoms with E-state index in [1.807, 2.05) is 13.8 Å². The molecule has 5 heteroatoms. The van der Waals surface area contributed by atoms with Crippen LogP contribution >= 0.6 is 34.8 Å². The van der Waals surface area contributed by atoms with Gasteiger partial charge < -0.3 is 5.11 Å². The van der Waals surface area contributed by atoms with Crippen molar-refractivity contribution >= 4 is 46.7 Å². The number of aryl methyl sites for hydroxylation is 1. The molecule has 0 fully saturated rings. The minimum absolute atomic E-state index is 0.146. The summed E-state index contributed by atoms with van der Waals surface area (Å²) >= 11 is 17.9. The Morgan fingerprint density at radius 3 is 2.40 bits per heavy atom. The highest BCUT2D eigenvalue weighted by Crippen LogP contribution is 2.31. The summed E-state index contributed by atoms with van der Waals surface area (Å²) in [7, 11) is 0. The monoisotopic (exact) mass is 327 g/mol. The fourth-order valence-electron chi connectivity index (χ4n) is 1.82. The van der Waals surface area contributed by atoms with Gasteiger partial charge >= 0.3 is 0 Å². The zero-order chi connectivity index (χ0) is 14.9. The summed E-state index contributed by atoms with van der Waals surface area (Å²) in [6.07, 6.45) is 1.57. The van der Waals surface area contributed by atoms with E-state index in [2.05, 4.69) is 4.99 Å². The number of hydrogen-bond acceptors (Lipinski definition) is 2. The molecule has 0 amide bonds. The smallest absolute Gasteiger partial charge is 0.124 e. The summed E-state index contributed by atoms with van der Waals surface area (Å²) in [5.74, 6) is 0.146. The maximum atomic E-state index is 9.98. The third-order valence-electron chi connectivity index (χ3n) is 2.95. The van der Waals surface area contributed by atoms with Crippen molar-refractivity contribution in [1.29, 1.82) is 0 Å². The van der Waals surface area contributed by atoms with Crippen LogP contribution in [0.15, 0.2) is 29.3 Å². The molecular weight excluding hydrogens is 317 g/mol. The molecule has 0 saturated carbocycles. The van der Waals surface area contributed by atoms with Gasteiger partial charge in [-0.3, -0.25) is 4.99 Å². The lowest BCUT2D eigenvalue weighted by atomic mass is 10.0. The first-order valence-electron chi connectivity index (χ1n) is 5.88. The van der Waals surface area contributed by atoms with Crippen LogP contribution in [0.3, 0.4) is 0 Å². The summed E-state index contributed by atoms with van der Waals surface area (Å²) in [4.78, 5) is 4.28. The Bertz CT molecular complexity index is 696. The molecule has 20 heavy (non-hydrogen) atoms. The molecule has 104 valence electrons. The largest absolute Gasteiger partial charge is 0.507 e. The minimum Gasteiger partial charge on any atom is -0.507 e. The van der Waals surface area contributed by atoms with Gasteiger partial charge in [-0.1, -0.05) is 34.8 Å². The zero-order valence-electron chi connectivity index (χ0n) is 10.9. The average molecular weight is 329 g/mol. The first kappa shape index (κ1) is 15.2. The molecule has 0 aliphatic rings. The molecule has 0 heterocycles. The summed E-state index contributed by atoms with van der Waals surface area (Å²) in [6.45, 7) is 3.68. The number of aliphatic imine (C=N–C) groups is 1. The molecule has 2 nitrogen and oxygen atoms in total. The molecule has 0 aliphatic carbocycles. The van der Waals surface area contributed by atoms with Crippen molar-refractivity contribution in [3.63, 3.8) is 0 Å². The van der Waals surface area contributed by atoms with Crippen molar-refractivity contribution in [3.05, 3.63) is 56.0 Å². The second-order valence-electron chi connectivity index (χ2n) is 4.42. The quantitative estimate of drug-likeness (QED) is 0.703. The number of hydrogen-bond donors (Lipinski definition) is 1. The third kappa shape index (κ3) is 3.09. The van der Waals surface area contributed by atoms with Gasteiger partial charge in [0, 0.05) is 16.8 Å². The van der Waals surface area contributed by atoms with E-state index in [1.165, 1.54) is 0 Å². The van der Waals surface area contributed by atoms with Crippen LogP contribution in [0.4, 0.5) is 5.69 Å². The number of phenolic OH excluding ortho intramolecular Hbond substituents is 1. The molecule has 0 atom stereocenters. The lowest BCUT2D eigenvalue weighted by molar-refractivity contribution is 0.473. The summed E-state index contributed by atoms with van der Waals surface area (Å²) in [5, 5.41) is 11.5. The van der Waals surface area contributed by atoms with E-state index < -0.39 is 0 Å². The second-order valence-corrected chi connectivity index (χ2v) is 5.61. The van der Waals surface area contributed by atoms with E-state index in [4.69, 9.17) is 34.8 Å². The predicted octanol–water partition coefficient (Wildman–Crippen LogP) is 5.72. The number of halogens is 3. The van der Waals surface area contributed by atoms with Crippen LogP contribution in [0.25, 0.3) is 0 Å². The summed E-state index contributed by atoms with van der Waals surface area (Å²) < 4.78 is 0. The molecule has 0 bridgehead atoms. The van der Waals surface area contributed by atoms with E-state index in [0.717, 1.165) is 11.1 Å². The van der Waals surface area contributed by atoms with Crippen molar-refractivity contribution in [2.24, 2.45) is 4.99 Å². The van der Waals surface area contributed by atoms with E-state index in [9.17, 15) is 5.11 Å². The summed E-state index contributed by atoms with van der Waals surface area (Å²) in [6, 6.07) is 6.69. The maximum absolute atomic E-state index is 9.98. The highest BCUT2D eigenvalue weighted by Gasteiger charge is 2.09. The van der Waals surface area contributed by atoms with Gasteiger partial charge in [0.15, 0.2) is 0 Å². The molecule has 0 aliphatic heterocycles. The van der Waals surface area contributed by atoms with Gasteiger partial charge in [0.2, 0.25) is 0 Å². The van der Waals surface area contributed by atoms with Gasteiger partial charge in [-0.2, -0.15) is 0 Å². The van der Waals surface area contributed by atoms with E-state index in [1.54, 1.807) is 30.5 Å². The van der Waals surface area contributed by atoms with Gasteiger partial charge in [0.25, 0.3) is 0 Å². The first-order valence-corrected chi connectivity index (χ1v) is 7.01. The lowest BCUT2D eigenvalue weighted by Crippen LogP contribution is -1.92. The van der Waals surface area contributed by atoms with Crippen molar-refractivity contribution in [1.82, 2.24) is 0 Å². The number of rotatable bonds is 2. The molecule has 0 radical (unpaired) electrons. The first-order chi connectivity index (χ1) is 9.40. The Morgan fingerprint density at radius 1 is 1.05 bits per heavy atom. The molecule has 0 aromatic heterocycles. The van der Waals surface area contributed by atoms with Crippen LogP contribution in [-0.4, -0.2) is 11.3 Å². The van der Waals surface area contributed by atoms with Gasteiger partial charge in [-0.05, 0) is 49.2 Å². The fraction of sp³-hybridized carbons (Fsp3) is 0.133. The Kier molecular flexibility index (Phi) is 4.59. The van der Waals surface area contributed by atoms with Crippen LogP contribution in [0.2, 0.25) is 15.1 Å². The highest BCUT2D eigenvalue weighted by molar-refractivity contribution is 6.42. The van der Waals surface area contributed by atoms with Gasteiger partial charge in [0.1, 0.15) is 5.75 Å². The molecule has 0 spiro atoms. The molecule has 1 N–H and O–H groups in total. The Morgan fingerprint density at radius 2 is 1.75 bits per heavy atom. The number of benzene rings is 2.